The number of aliphatic hydroxyl groups excluding tert-OH is 1. The van der Waals surface area contributed by atoms with Gasteiger partial charge in [-0.3, -0.25) is 9.98 Å². The van der Waals surface area contributed by atoms with Gasteiger partial charge in [-0.25, -0.2) is 4.79 Å². The minimum Gasteiger partial charge on any atom is -0.444 e. The quantitative estimate of drug-likeness (QED) is 0.428. The molecule has 0 bridgehead atoms. The van der Waals surface area contributed by atoms with E-state index in [4.69, 9.17) is 4.74 Å². The number of hydrogen-bond donors (Lipinski definition) is 4. The van der Waals surface area contributed by atoms with E-state index < -0.39 is 11.7 Å². The summed E-state index contributed by atoms with van der Waals surface area (Å²) in [5.74, 6) is 0.698. The fourth-order valence-corrected chi connectivity index (χ4v) is 3.24. The Morgan fingerprint density at radius 3 is 2.34 bits per heavy atom. The molecule has 0 aromatic carbocycles. The van der Waals surface area contributed by atoms with Crippen LogP contribution in [0.25, 0.3) is 0 Å². The van der Waals surface area contributed by atoms with Crippen molar-refractivity contribution in [3.8, 4) is 0 Å². The van der Waals surface area contributed by atoms with Crippen LogP contribution >= 0.6 is 0 Å². The smallest absolute Gasteiger partial charge is 0.407 e. The van der Waals surface area contributed by atoms with Crippen LogP contribution in [-0.2, 0) is 4.74 Å². The van der Waals surface area contributed by atoms with E-state index in [1.807, 2.05) is 27.7 Å². The van der Waals surface area contributed by atoms with Crippen molar-refractivity contribution in [3.05, 3.63) is 30.1 Å². The molecule has 1 atom stereocenters. The van der Waals surface area contributed by atoms with E-state index in [9.17, 15) is 9.90 Å². The van der Waals surface area contributed by atoms with E-state index in [1.54, 1.807) is 24.5 Å². The lowest BCUT2D eigenvalue weighted by atomic mass is 9.91. The summed E-state index contributed by atoms with van der Waals surface area (Å²) in [7, 11) is 0. The van der Waals surface area contributed by atoms with Crippen molar-refractivity contribution in [1.82, 2.24) is 20.9 Å². The average Bonchev–Trinajstić information content (AvgIpc) is 2.66. The van der Waals surface area contributed by atoms with Crippen LogP contribution in [0.4, 0.5) is 4.79 Å². The van der Waals surface area contributed by atoms with Crippen molar-refractivity contribution >= 4 is 12.1 Å². The molecule has 1 unspecified atom stereocenters. The molecule has 1 heterocycles. The standard InChI is InChI=1S/C21H35N5O3/c1-5-23-19(24-14-18(27)15-10-12-22-13-11-15)25-16-6-8-17(9-7-16)26-20(28)29-21(2,3)4/h10-13,16-18,27H,5-9,14H2,1-4H3,(H,26,28)(H2,23,24,25). The number of rotatable bonds is 6. The number of aromatic nitrogens is 1. The molecule has 4 N–H and O–H groups in total. The molecule has 0 spiro atoms. The van der Waals surface area contributed by atoms with Crippen LogP contribution in [-0.4, -0.2) is 52.9 Å². The molecule has 1 aromatic rings. The largest absolute Gasteiger partial charge is 0.444 e. The Morgan fingerprint density at radius 2 is 1.79 bits per heavy atom. The van der Waals surface area contributed by atoms with E-state index in [1.165, 1.54) is 0 Å². The number of amides is 1. The Balaban J connectivity index is 1.80. The highest BCUT2D eigenvalue weighted by Crippen LogP contribution is 2.19. The van der Waals surface area contributed by atoms with Gasteiger partial charge >= 0.3 is 6.09 Å². The molecule has 1 amide bonds. The maximum absolute atomic E-state index is 11.9. The molecule has 1 saturated carbocycles. The molecule has 2 rings (SSSR count). The number of guanidine groups is 1. The normalized spacial score (nSPS) is 21.2. The molecule has 1 aliphatic carbocycles. The fourth-order valence-electron chi connectivity index (χ4n) is 3.24. The van der Waals surface area contributed by atoms with Gasteiger partial charge in [0.2, 0.25) is 0 Å². The molecule has 1 aliphatic rings. The molecule has 162 valence electrons. The van der Waals surface area contributed by atoms with Crippen LogP contribution in [0, 0.1) is 0 Å². The second kappa shape index (κ2) is 11.0. The average molecular weight is 406 g/mol. The van der Waals surface area contributed by atoms with Gasteiger partial charge in [0.15, 0.2) is 5.96 Å². The minimum atomic E-state index is -0.665. The maximum Gasteiger partial charge on any atom is 0.407 e. The van der Waals surface area contributed by atoms with Gasteiger partial charge < -0.3 is 25.8 Å². The summed E-state index contributed by atoms with van der Waals surface area (Å²) in [5.41, 5.74) is 0.314. The van der Waals surface area contributed by atoms with E-state index in [2.05, 4.69) is 25.9 Å². The van der Waals surface area contributed by atoms with Gasteiger partial charge in [0.05, 0.1) is 12.6 Å². The summed E-state index contributed by atoms with van der Waals surface area (Å²) in [6, 6.07) is 4.00. The summed E-state index contributed by atoms with van der Waals surface area (Å²) < 4.78 is 5.33. The molecular formula is C21H35N5O3. The molecule has 8 heteroatoms. The lowest BCUT2D eigenvalue weighted by Gasteiger charge is -2.31. The fraction of sp³-hybridized carbons (Fsp3) is 0.667. The Kier molecular flexibility index (Phi) is 8.70. The van der Waals surface area contributed by atoms with Crippen LogP contribution in [0.5, 0.6) is 0 Å². The third-order valence-electron chi connectivity index (χ3n) is 4.65. The van der Waals surface area contributed by atoms with Gasteiger partial charge in [0.1, 0.15) is 5.60 Å². The second-order valence-corrected chi connectivity index (χ2v) is 8.36. The third-order valence-corrected chi connectivity index (χ3v) is 4.65. The Hall–Kier alpha value is -2.35. The van der Waals surface area contributed by atoms with Crippen molar-refractivity contribution in [2.24, 2.45) is 4.99 Å². The summed E-state index contributed by atoms with van der Waals surface area (Å²) >= 11 is 0. The first-order chi connectivity index (χ1) is 13.8. The molecule has 29 heavy (non-hydrogen) atoms. The van der Waals surface area contributed by atoms with Crippen LogP contribution in [0.2, 0.25) is 0 Å². The zero-order chi connectivity index (χ0) is 21.3. The first kappa shape index (κ1) is 22.9. The van der Waals surface area contributed by atoms with Crippen LogP contribution < -0.4 is 16.0 Å². The number of hydrogen-bond acceptors (Lipinski definition) is 5. The van der Waals surface area contributed by atoms with Gasteiger partial charge in [0.25, 0.3) is 0 Å². The molecule has 1 fully saturated rings. The number of pyridine rings is 1. The van der Waals surface area contributed by atoms with Crippen LogP contribution in [0.15, 0.2) is 29.5 Å². The molecule has 0 aliphatic heterocycles. The van der Waals surface area contributed by atoms with E-state index in [0.29, 0.717) is 5.96 Å². The number of alkyl carbamates (subject to hydrolysis) is 1. The summed E-state index contributed by atoms with van der Waals surface area (Å²) in [5, 5.41) is 19.9. The van der Waals surface area contributed by atoms with Crippen molar-refractivity contribution in [2.75, 3.05) is 13.1 Å². The molecule has 8 nitrogen and oxygen atoms in total. The van der Waals surface area contributed by atoms with Crippen molar-refractivity contribution in [1.29, 1.82) is 0 Å². The van der Waals surface area contributed by atoms with Crippen molar-refractivity contribution in [2.45, 2.75) is 77.2 Å². The van der Waals surface area contributed by atoms with E-state index in [-0.39, 0.29) is 24.7 Å². The highest BCUT2D eigenvalue weighted by Gasteiger charge is 2.25. The Bertz CT molecular complexity index is 652. The maximum atomic E-state index is 11.9. The van der Waals surface area contributed by atoms with Gasteiger partial charge in [-0.05, 0) is 71.1 Å². The minimum absolute atomic E-state index is 0.135. The first-order valence-electron chi connectivity index (χ1n) is 10.4. The highest BCUT2D eigenvalue weighted by atomic mass is 16.6. The number of ether oxygens (including phenoxy) is 1. The van der Waals surface area contributed by atoms with Gasteiger partial charge in [0, 0.05) is 31.0 Å². The predicted octanol–water partition coefficient (Wildman–Crippen LogP) is 2.51. The van der Waals surface area contributed by atoms with Gasteiger partial charge in [-0.15, -0.1) is 0 Å². The van der Waals surface area contributed by atoms with Gasteiger partial charge in [-0.2, -0.15) is 0 Å². The van der Waals surface area contributed by atoms with Crippen molar-refractivity contribution in [3.63, 3.8) is 0 Å². The van der Waals surface area contributed by atoms with E-state index >= 15 is 0 Å². The molecular weight excluding hydrogens is 370 g/mol. The number of carbonyl (C=O) groups excluding carboxylic acids is 1. The zero-order valence-electron chi connectivity index (χ0n) is 17.9. The van der Waals surface area contributed by atoms with Crippen LogP contribution in [0.3, 0.4) is 0 Å². The Morgan fingerprint density at radius 1 is 1.21 bits per heavy atom. The monoisotopic (exact) mass is 405 g/mol. The summed E-state index contributed by atoms with van der Waals surface area (Å²) in [4.78, 5) is 20.4. The number of carbonyl (C=O) groups is 1. The van der Waals surface area contributed by atoms with Gasteiger partial charge in [-0.1, -0.05) is 0 Å². The lowest BCUT2D eigenvalue weighted by Crippen LogP contribution is -2.48. The second-order valence-electron chi connectivity index (χ2n) is 8.36. The zero-order valence-corrected chi connectivity index (χ0v) is 17.9. The number of aliphatic imine (C=N–C) groups is 1. The molecule has 0 radical (unpaired) electrons. The molecule has 1 aromatic heterocycles. The number of nitrogens with zero attached hydrogens (tertiary/aromatic N) is 2. The topological polar surface area (TPSA) is 108 Å². The van der Waals surface area contributed by atoms with E-state index in [0.717, 1.165) is 37.8 Å². The number of aliphatic hydroxyl groups is 1. The SMILES string of the molecule is CCNC(=NCC(O)c1ccncc1)NC1CCC(NC(=O)OC(C)(C)C)CC1. The van der Waals surface area contributed by atoms with Crippen molar-refractivity contribution < 1.29 is 14.6 Å². The molecule has 0 saturated heterocycles. The first-order valence-corrected chi connectivity index (χ1v) is 10.4. The summed E-state index contributed by atoms with van der Waals surface area (Å²) in [6.07, 6.45) is 5.93. The Labute approximate surface area is 173 Å². The van der Waals surface area contributed by atoms with Crippen LogP contribution in [0.1, 0.15) is 65.0 Å². The predicted molar refractivity (Wildman–Crippen MR) is 114 cm³/mol. The highest BCUT2D eigenvalue weighted by molar-refractivity contribution is 5.80. The number of nitrogens with one attached hydrogen (secondary N) is 3. The summed E-state index contributed by atoms with van der Waals surface area (Å²) in [6.45, 7) is 8.61. The third kappa shape index (κ3) is 8.68. The lowest BCUT2D eigenvalue weighted by molar-refractivity contribution is 0.0490.